The third-order valence-electron chi connectivity index (χ3n) is 1.49. The average Bonchev–Trinajstić information content (AvgIpc) is 2.28. The predicted octanol–water partition coefficient (Wildman–Crippen LogP) is 1.89. The second-order valence-electron chi connectivity index (χ2n) is 2.29. The van der Waals surface area contributed by atoms with Crippen molar-refractivity contribution in [2.24, 2.45) is 0 Å². The van der Waals surface area contributed by atoms with Crippen molar-refractivity contribution in [1.82, 2.24) is 0 Å². The number of hydrogen-bond acceptors (Lipinski definition) is 2. The number of para-hydroxylation sites is 2. The first kappa shape index (κ1) is 6.53. The number of ether oxygens (including phenoxy) is 2. The fraction of sp³-hybridized carbons (Fsp3) is 0.222. The smallest absolute Gasteiger partial charge is 0.199 e. The fourth-order valence-corrected chi connectivity index (χ4v) is 0.985. The molecule has 1 aliphatic heterocycles. The molecule has 0 fully saturated rings. The van der Waals surface area contributed by atoms with E-state index in [0.717, 1.165) is 11.5 Å². The Morgan fingerprint density at radius 1 is 1.18 bits per heavy atom. The largest absolute Gasteiger partial charge is 0.490 e. The van der Waals surface area contributed by atoms with E-state index >= 15 is 0 Å². The molecule has 0 N–H and O–H groups in total. The molecule has 11 heavy (non-hydrogen) atoms. The van der Waals surface area contributed by atoms with Crippen LogP contribution in [0.25, 0.3) is 0 Å². The van der Waals surface area contributed by atoms with Gasteiger partial charge in [-0.15, -0.1) is 0 Å². The summed E-state index contributed by atoms with van der Waals surface area (Å²) in [5.74, 6) is 1.56. The zero-order valence-electron chi connectivity index (χ0n) is 6.04. The molecule has 2 heteroatoms. The fourth-order valence-electron chi connectivity index (χ4n) is 0.985. The Morgan fingerprint density at radius 3 is 2.91 bits per heavy atom. The molecular weight excluding hydrogens is 140 g/mol. The molecule has 0 aliphatic carbocycles. The standard InChI is InChI=1S/C9H8O2/c1-2-5-9-8(4-1)10-6-3-7-11-9/h1-2,4-5H,3,6H2. The summed E-state index contributed by atoms with van der Waals surface area (Å²) in [6.45, 7) is 3.43. The highest BCUT2D eigenvalue weighted by molar-refractivity contribution is 5.40. The van der Waals surface area contributed by atoms with Crippen molar-refractivity contribution in [2.45, 2.75) is 6.42 Å². The molecule has 2 nitrogen and oxygen atoms in total. The minimum atomic E-state index is 0.650. The van der Waals surface area contributed by atoms with Crippen LogP contribution in [0.3, 0.4) is 0 Å². The number of benzene rings is 1. The summed E-state index contributed by atoms with van der Waals surface area (Å²) in [5, 5.41) is 0. The molecule has 1 heterocycles. The van der Waals surface area contributed by atoms with Crippen molar-refractivity contribution in [1.29, 1.82) is 0 Å². The summed E-state index contributed by atoms with van der Waals surface area (Å²) in [5.41, 5.74) is 0. The first-order valence-electron chi connectivity index (χ1n) is 3.58. The monoisotopic (exact) mass is 148 g/mol. The molecule has 0 saturated carbocycles. The quantitative estimate of drug-likeness (QED) is 0.559. The van der Waals surface area contributed by atoms with Gasteiger partial charge in [0.25, 0.3) is 0 Å². The normalized spacial score (nSPS) is 15.6. The van der Waals surface area contributed by atoms with Gasteiger partial charge in [-0.3, -0.25) is 0 Å². The minimum Gasteiger partial charge on any atom is -0.490 e. The van der Waals surface area contributed by atoms with Crippen LogP contribution in [0.1, 0.15) is 6.42 Å². The lowest BCUT2D eigenvalue weighted by Crippen LogP contribution is -1.93. The van der Waals surface area contributed by atoms with E-state index < -0.39 is 0 Å². The molecule has 56 valence electrons. The van der Waals surface area contributed by atoms with Gasteiger partial charge in [0, 0.05) is 6.42 Å². The van der Waals surface area contributed by atoms with Crippen LogP contribution in [-0.2, 0) is 0 Å². The second kappa shape index (κ2) is 2.82. The zero-order valence-corrected chi connectivity index (χ0v) is 6.04. The topological polar surface area (TPSA) is 18.5 Å². The van der Waals surface area contributed by atoms with Gasteiger partial charge in [0.05, 0.1) is 6.61 Å². The molecule has 2 rings (SSSR count). The Bertz CT molecular complexity index is 220. The minimum absolute atomic E-state index is 0.650. The summed E-state index contributed by atoms with van der Waals surface area (Å²) >= 11 is 0. The maximum atomic E-state index is 5.36. The lowest BCUT2D eigenvalue weighted by molar-refractivity contribution is 0.325. The van der Waals surface area contributed by atoms with Crippen LogP contribution in [0.5, 0.6) is 11.5 Å². The maximum absolute atomic E-state index is 5.36. The van der Waals surface area contributed by atoms with Crippen molar-refractivity contribution in [3.8, 4) is 11.5 Å². The zero-order chi connectivity index (χ0) is 7.52. The molecule has 1 aromatic rings. The summed E-state index contributed by atoms with van der Waals surface area (Å²) < 4.78 is 10.5. The lowest BCUT2D eigenvalue weighted by Gasteiger charge is -2.03. The number of hydrogen-bond donors (Lipinski definition) is 0. The number of fused-ring (bicyclic) bond motifs is 1. The Labute approximate surface area is 65.7 Å². The highest BCUT2D eigenvalue weighted by atomic mass is 16.5. The van der Waals surface area contributed by atoms with Crippen LogP contribution < -0.4 is 9.47 Å². The molecule has 0 saturated heterocycles. The molecule has 0 bridgehead atoms. The molecule has 0 atom stereocenters. The van der Waals surface area contributed by atoms with Crippen LogP contribution in [0.4, 0.5) is 0 Å². The highest BCUT2D eigenvalue weighted by Crippen LogP contribution is 2.28. The summed E-state index contributed by atoms with van der Waals surface area (Å²) in [6.07, 6.45) is 0.717. The Balaban J connectivity index is 2.33. The molecule has 2 radical (unpaired) electrons. The van der Waals surface area contributed by atoms with Crippen molar-refractivity contribution < 1.29 is 9.47 Å². The lowest BCUT2D eigenvalue weighted by atomic mass is 10.3. The van der Waals surface area contributed by atoms with Gasteiger partial charge in [0.2, 0.25) is 0 Å². The van der Waals surface area contributed by atoms with Crippen LogP contribution in [-0.4, -0.2) is 6.61 Å². The van der Waals surface area contributed by atoms with Crippen molar-refractivity contribution in [3.05, 3.63) is 30.9 Å². The van der Waals surface area contributed by atoms with Gasteiger partial charge >= 0.3 is 0 Å². The third-order valence-corrected chi connectivity index (χ3v) is 1.49. The van der Waals surface area contributed by atoms with Crippen molar-refractivity contribution in [2.75, 3.05) is 6.61 Å². The first-order chi connectivity index (χ1) is 5.47. The van der Waals surface area contributed by atoms with E-state index in [1.165, 1.54) is 0 Å². The van der Waals surface area contributed by atoms with Gasteiger partial charge in [0.15, 0.2) is 18.1 Å². The third kappa shape index (κ3) is 1.29. The first-order valence-corrected chi connectivity index (χ1v) is 3.58. The van der Waals surface area contributed by atoms with Crippen LogP contribution >= 0.6 is 0 Å². The van der Waals surface area contributed by atoms with E-state index in [1.54, 1.807) is 0 Å². The summed E-state index contributed by atoms with van der Waals surface area (Å²) in [6, 6.07) is 7.60. The van der Waals surface area contributed by atoms with Crippen LogP contribution in [0.2, 0.25) is 0 Å². The Kier molecular flexibility index (Phi) is 1.68. The molecule has 1 aliphatic rings. The van der Waals surface area contributed by atoms with E-state index in [0.29, 0.717) is 13.0 Å². The molecular formula is C9H8O2. The van der Waals surface area contributed by atoms with E-state index in [2.05, 4.69) is 6.61 Å². The highest BCUT2D eigenvalue weighted by Gasteiger charge is 2.08. The van der Waals surface area contributed by atoms with Crippen LogP contribution in [0, 0.1) is 6.61 Å². The Hall–Kier alpha value is -1.18. The van der Waals surface area contributed by atoms with Gasteiger partial charge in [-0.25, -0.2) is 0 Å². The van der Waals surface area contributed by atoms with Gasteiger partial charge in [0.1, 0.15) is 0 Å². The van der Waals surface area contributed by atoms with Gasteiger partial charge < -0.3 is 9.47 Å². The van der Waals surface area contributed by atoms with E-state index in [-0.39, 0.29) is 0 Å². The molecule has 0 amide bonds. The van der Waals surface area contributed by atoms with Crippen molar-refractivity contribution in [3.63, 3.8) is 0 Å². The summed E-state index contributed by atoms with van der Waals surface area (Å²) in [7, 11) is 0. The molecule has 0 unspecified atom stereocenters. The molecule has 0 spiro atoms. The van der Waals surface area contributed by atoms with Crippen molar-refractivity contribution >= 4 is 0 Å². The van der Waals surface area contributed by atoms with E-state index in [4.69, 9.17) is 9.47 Å². The predicted molar refractivity (Wildman–Crippen MR) is 40.4 cm³/mol. The summed E-state index contributed by atoms with van der Waals surface area (Å²) in [4.78, 5) is 0. The molecule has 1 aromatic carbocycles. The van der Waals surface area contributed by atoms with E-state index in [1.807, 2.05) is 24.3 Å². The average molecular weight is 148 g/mol. The SMILES string of the molecule is [C]1CCOc2ccccc2O1. The van der Waals surface area contributed by atoms with Crippen LogP contribution in [0.15, 0.2) is 24.3 Å². The van der Waals surface area contributed by atoms with E-state index in [9.17, 15) is 0 Å². The van der Waals surface area contributed by atoms with Gasteiger partial charge in [-0.05, 0) is 12.1 Å². The van der Waals surface area contributed by atoms with Gasteiger partial charge in [-0.1, -0.05) is 12.1 Å². The number of rotatable bonds is 0. The Morgan fingerprint density at radius 2 is 2.00 bits per heavy atom. The maximum Gasteiger partial charge on any atom is 0.199 e. The molecule has 0 aromatic heterocycles. The second-order valence-corrected chi connectivity index (χ2v) is 2.29. The van der Waals surface area contributed by atoms with Gasteiger partial charge in [-0.2, -0.15) is 0 Å².